The third-order valence-electron chi connectivity index (χ3n) is 16.6. The van der Waals surface area contributed by atoms with E-state index in [0.29, 0.717) is 32.5 Å². The van der Waals surface area contributed by atoms with Gasteiger partial charge in [0.1, 0.15) is 102 Å². The summed E-state index contributed by atoms with van der Waals surface area (Å²) in [5.74, 6) is 0.183. The van der Waals surface area contributed by atoms with Crippen LogP contribution in [0.1, 0.15) is 98.5 Å². The van der Waals surface area contributed by atoms with E-state index in [2.05, 4.69) is 83.8 Å². The Hall–Kier alpha value is -4.67. The smallest absolute Gasteiger partial charge is 0.412 e. The van der Waals surface area contributed by atoms with Gasteiger partial charge in [-0.3, -0.25) is 36.6 Å². The molecule has 5 aliphatic rings. The lowest BCUT2D eigenvalue weighted by molar-refractivity contribution is -0.117. The number of hydrogen-bond acceptors (Lipinski definition) is 33. The Morgan fingerprint density at radius 2 is 0.923 bits per heavy atom. The highest BCUT2D eigenvalue weighted by atomic mass is 127. The summed E-state index contributed by atoms with van der Waals surface area (Å²) in [7, 11) is -21.4. The molecule has 23 N–H and O–H groups in total. The van der Waals surface area contributed by atoms with Gasteiger partial charge in [0.2, 0.25) is 5.91 Å². The Morgan fingerprint density at radius 3 is 1.27 bits per heavy atom. The van der Waals surface area contributed by atoms with Crippen molar-refractivity contribution in [1.82, 2.24) is 38.9 Å². The number of phosphoric ester groups is 4. The van der Waals surface area contributed by atoms with Crippen LogP contribution in [0.3, 0.4) is 0 Å². The van der Waals surface area contributed by atoms with E-state index in [9.17, 15) is 78.3 Å². The molecule has 0 aliphatic carbocycles. The largest absolute Gasteiger partial charge is 0.469 e. The summed E-state index contributed by atoms with van der Waals surface area (Å²) in [6, 6.07) is 0. The fourth-order valence-electron chi connectivity index (χ4n) is 10.3. The van der Waals surface area contributed by atoms with Crippen LogP contribution in [-0.4, -0.2) is 238 Å². The highest BCUT2D eigenvalue weighted by molar-refractivity contribution is 14.1. The van der Waals surface area contributed by atoms with Gasteiger partial charge in [0, 0.05) is 48.4 Å². The van der Waals surface area contributed by atoms with Gasteiger partial charge in [-0.05, 0) is 81.8 Å². The molecule has 0 spiro atoms. The standard InChI is InChI=1S/C17H32N3O9PSi.C15H24N3O8P.C11H18N3O8P.C10H15IN3O8P/c1-9(29-30(24,25)26)13-11(21)12(22)15(28-13)20-7-10(14(18)19-16(20)23)8-27-31(5,6)17(2,3)4;1-5-10-6-18(8(3)16-14(10)17-9(4)19)15-12(21)11(20)13(25-15)7(2)26-27(22,23)24;1-4-3-14(11(17)13-9(4)12)10-7(16)6(15)8(21-10)5(2)22-23(18,19)20;1-3(22-23(18,19)20)7-5(15)6(16)9(21-7)14-2-4(11)8(12)13-10(14)17/h7,9,11-13,15,21-22H,8H2,1-6H3,(H2,18,19,23)(H2,24,25,26);6-7,11-13,15,20-21H,3,5H2,1-2,4H3,(H,16,17,19)(H2,22,23,24);3,5-8,10,15-16H,1-2H3,(H2,12,13,17)(H2,18,19,20);2-3,5-7,9,15-16H,1H3,(H2,12,13,17)(H2,18,19,20)/t9?,11-,12+,13+,15+;7?,11-,12+,13+,15+;5?,6-,7+,8+,10+;3?,5-,6+,7+,9+/m0000/s1. The number of nitrogen functional groups attached to an aromatic ring is 3. The molecule has 4 unspecified atom stereocenters. The van der Waals surface area contributed by atoms with Gasteiger partial charge < -0.3 is 131 Å². The molecule has 4 saturated heterocycles. The van der Waals surface area contributed by atoms with E-state index >= 15 is 0 Å². The summed E-state index contributed by atoms with van der Waals surface area (Å²) in [5, 5.41) is 84.0. The van der Waals surface area contributed by atoms with Crippen molar-refractivity contribution in [3.63, 3.8) is 0 Å². The Balaban J connectivity index is 0.000000251. The van der Waals surface area contributed by atoms with Crippen molar-refractivity contribution in [2.45, 2.75) is 223 Å². The number of anilines is 3. The summed E-state index contributed by atoms with van der Waals surface area (Å²) < 4.78 is 93.1. The van der Waals surface area contributed by atoms with Crippen molar-refractivity contribution < 1.29 is 145 Å². The maximum Gasteiger partial charge on any atom is 0.469 e. The van der Waals surface area contributed by atoms with Crippen LogP contribution in [0, 0.1) is 10.5 Å². The lowest BCUT2D eigenvalue weighted by Gasteiger charge is -2.36. The number of aliphatic imine (C=N–C) groups is 1. The van der Waals surface area contributed by atoms with E-state index in [1.54, 1.807) is 13.1 Å². The number of nitrogens with two attached hydrogens (primary N) is 3. The number of hydrogen-bond donors (Lipinski definition) is 20. The number of nitrogens with zero attached hydrogens (tertiary/aromatic N) is 8. The molecule has 104 heavy (non-hydrogen) atoms. The number of ether oxygens (including phenoxy) is 4. The first-order valence-corrected chi connectivity index (χ1v) is 41.0. The van der Waals surface area contributed by atoms with Gasteiger partial charge in [-0.1, -0.05) is 34.3 Å². The molecule has 51 heteroatoms. The Labute approximate surface area is 606 Å². The van der Waals surface area contributed by atoms with Crippen LogP contribution >= 0.6 is 53.9 Å². The zero-order chi connectivity index (χ0) is 79.5. The second-order valence-corrected chi connectivity index (χ2v) is 36.4. The predicted molar refractivity (Wildman–Crippen MR) is 368 cm³/mol. The number of halogens is 1. The summed E-state index contributed by atoms with van der Waals surface area (Å²) in [6.45, 7) is 24.1. The first-order valence-electron chi connectivity index (χ1n) is 30.9. The second-order valence-electron chi connectivity index (χ2n) is 25.6. The molecule has 45 nitrogen and oxygen atoms in total. The maximum atomic E-state index is 12.4. The van der Waals surface area contributed by atoms with Crippen LogP contribution < -0.4 is 39.6 Å². The van der Waals surface area contributed by atoms with E-state index in [4.69, 9.17) is 79.7 Å². The minimum Gasteiger partial charge on any atom is -0.412 e. The van der Waals surface area contributed by atoms with Gasteiger partial charge in [0.15, 0.2) is 33.2 Å². The number of rotatable bonds is 20. The summed E-state index contributed by atoms with van der Waals surface area (Å²) in [4.78, 5) is 135. The quantitative estimate of drug-likeness (QED) is 0.0301. The minimum atomic E-state index is -4.86. The number of phosphoric acid groups is 4. The number of carbonyl (C=O) groups is 1. The molecule has 20 atom stereocenters. The van der Waals surface area contributed by atoms with Gasteiger partial charge in [-0.25, -0.2) is 37.6 Å². The molecule has 1 amide bonds. The zero-order valence-corrected chi connectivity index (χ0v) is 64.3. The zero-order valence-electron chi connectivity index (χ0n) is 57.5. The molecule has 0 aromatic carbocycles. The van der Waals surface area contributed by atoms with Crippen molar-refractivity contribution in [1.29, 1.82) is 0 Å². The third kappa shape index (κ3) is 23.4. The van der Waals surface area contributed by atoms with Crippen LogP contribution in [0.2, 0.25) is 18.1 Å². The number of aryl methyl sites for hydroxylation is 1. The van der Waals surface area contributed by atoms with Crippen LogP contribution in [-0.2, 0) is 71.1 Å². The van der Waals surface area contributed by atoms with Gasteiger partial charge in [0.05, 0.1) is 34.6 Å². The van der Waals surface area contributed by atoms with Crippen molar-refractivity contribution in [3.8, 4) is 0 Å². The number of amidine groups is 1. The van der Waals surface area contributed by atoms with Gasteiger partial charge >= 0.3 is 48.4 Å². The SMILES string of the molecule is C=C1N=C(NC(C)=O)C(CC)=CN1[C@@H]1O[C@H](C(C)OP(=O)(O)O)[C@@H](O)[C@H]1O.CC(OP(=O)(O)O)[C@H]1O[C@@H](n2cc(CO[Si](C)(C)C(C)(C)C)c(N)nc2=O)[C@H](O)[C@@H]1O.CC(OP(=O)(O)O)[C@H]1O[C@@H](n2cc(I)c(N)nc2=O)[C@H](O)[C@@H]1O.Cc1cn([C@@H]2O[C@H](C(C)OP(=O)(O)O)[C@@H](O)[C@H]2O)c(=O)nc1N. The monoisotopic (exact) mass is 1700 g/mol. The van der Waals surface area contributed by atoms with E-state index in [1.165, 1.54) is 58.1 Å². The molecule has 0 radical (unpaired) electrons. The summed E-state index contributed by atoms with van der Waals surface area (Å²) in [6.07, 6.45) is -21.1. The molecule has 8 heterocycles. The summed E-state index contributed by atoms with van der Waals surface area (Å²) in [5.41, 5.74) is 16.0. The number of carbonyl (C=O) groups excluding carboxylic acids is 1. The van der Waals surface area contributed by atoms with Gasteiger partial charge in [0.25, 0.3) is 0 Å². The minimum absolute atomic E-state index is 0.00892. The number of amides is 1. The first-order chi connectivity index (χ1) is 47.4. The van der Waals surface area contributed by atoms with E-state index in [-0.39, 0.29) is 40.8 Å². The number of nitrogens with one attached hydrogen (secondary N) is 1. The average molecular weight is 1700 g/mol. The van der Waals surface area contributed by atoms with Crippen molar-refractivity contribution in [2.75, 3.05) is 17.2 Å². The highest BCUT2D eigenvalue weighted by Gasteiger charge is 2.53. The number of aliphatic hydroxyl groups is 8. The molecule has 4 fully saturated rings. The van der Waals surface area contributed by atoms with Crippen LogP contribution in [0.5, 0.6) is 0 Å². The Kier molecular flexibility index (Phi) is 30.6. The molecule has 3 aromatic heterocycles. The van der Waals surface area contributed by atoms with E-state index < -0.39 is 179 Å². The average Bonchev–Trinajstić information content (AvgIpc) is 1.68. The predicted octanol–water partition coefficient (Wildman–Crippen LogP) is -3.19. The molecule has 3 aromatic rings. The lowest BCUT2D eigenvalue weighted by atomic mass is 10.1. The molecule has 5 aliphatic heterocycles. The maximum absolute atomic E-state index is 12.4. The molecule has 8 rings (SSSR count). The molecule has 0 saturated carbocycles. The van der Waals surface area contributed by atoms with Crippen molar-refractivity contribution in [3.05, 3.63) is 88.9 Å². The van der Waals surface area contributed by atoms with Crippen LogP contribution in [0.25, 0.3) is 0 Å². The van der Waals surface area contributed by atoms with Gasteiger partial charge in [-0.15, -0.1) is 0 Å². The molecule has 0 bridgehead atoms. The Bertz CT molecular complexity index is 3880. The second kappa shape index (κ2) is 35.3. The molecular weight excluding hydrogens is 1610 g/mol. The van der Waals surface area contributed by atoms with Crippen molar-refractivity contribution >= 4 is 91.4 Å². The normalized spacial score (nSPS) is 28.7. The molecule has 590 valence electrons. The fourth-order valence-corrected chi connectivity index (χ4v) is 13.9. The number of aliphatic hydroxyl groups excluding tert-OH is 8. The van der Waals surface area contributed by atoms with Gasteiger partial charge in [-0.2, -0.15) is 15.0 Å². The van der Waals surface area contributed by atoms with E-state index in [0.717, 1.165) is 13.7 Å². The summed E-state index contributed by atoms with van der Waals surface area (Å²) >= 11 is 1.83. The van der Waals surface area contributed by atoms with Crippen molar-refractivity contribution in [2.24, 2.45) is 4.99 Å². The van der Waals surface area contributed by atoms with Crippen LogP contribution in [0.4, 0.5) is 17.5 Å². The third-order valence-corrected chi connectivity index (χ3v) is 24.4. The van der Waals surface area contributed by atoms with Crippen LogP contribution in [0.15, 0.2) is 62.1 Å². The fraction of sp³-hybridized carbons (Fsp3) is 0.660. The first kappa shape index (κ1) is 89.9. The van der Waals surface area contributed by atoms with E-state index in [1.807, 2.05) is 29.5 Å². The Morgan fingerprint density at radius 1 is 0.596 bits per heavy atom. The molecular formula is C53H89IN12O33P4Si. The lowest BCUT2D eigenvalue weighted by Crippen LogP contribution is -2.43. The number of aromatic nitrogens is 6. The highest BCUT2D eigenvalue weighted by Crippen LogP contribution is 2.46. The topological polar surface area (TPSA) is 702 Å².